The average Bonchev–Trinajstić information content (AvgIpc) is 2.58. The lowest BCUT2D eigenvalue weighted by molar-refractivity contribution is -0.195. The highest BCUT2D eigenvalue weighted by Gasteiger charge is 2.34. The molecular weight excluding hydrogens is 354 g/mol. The molecule has 0 saturated carbocycles. The second-order valence-corrected chi connectivity index (χ2v) is 6.89. The summed E-state index contributed by atoms with van der Waals surface area (Å²) in [5.74, 6) is -1.02. The van der Waals surface area contributed by atoms with E-state index in [2.05, 4.69) is 5.32 Å². The Morgan fingerprint density at radius 2 is 2.07 bits per heavy atom. The van der Waals surface area contributed by atoms with E-state index >= 15 is 0 Å². The van der Waals surface area contributed by atoms with Gasteiger partial charge in [0.05, 0.1) is 6.10 Å². The number of rotatable bonds is 8. The van der Waals surface area contributed by atoms with Gasteiger partial charge in [-0.2, -0.15) is 0 Å². The summed E-state index contributed by atoms with van der Waals surface area (Å²) in [6, 6.07) is 5.70. The molecule has 1 saturated heterocycles. The van der Waals surface area contributed by atoms with Crippen molar-refractivity contribution < 1.29 is 34.0 Å². The molecule has 0 bridgehead atoms. The predicted molar refractivity (Wildman–Crippen MR) is 96.1 cm³/mol. The number of carboxylic acids is 1. The fourth-order valence-electron chi connectivity index (χ4n) is 2.68. The Morgan fingerprint density at radius 3 is 2.70 bits per heavy atom. The zero-order valence-electron chi connectivity index (χ0n) is 15.8. The Hall–Kier alpha value is -2.16. The van der Waals surface area contributed by atoms with Crippen molar-refractivity contribution in [2.24, 2.45) is 0 Å². The van der Waals surface area contributed by atoms with Crippen LogP contribution in [0.15, 0.2) is 18.2 Å². The molecule has 2 rings (SSSR count). The van der Waals surface area contributed by atoms with E-state index in [1.165, 1.54) is 6.92 Å². The van der Waals surface area contributed by atoms with Crippen molar-refractivity contribution >= 4 is 11.9 Å². The van der Waals surface area contributed by atoms with Crippen molar-refractivity contribution in [2.75, 3.05) is 0 Å². The fraction of sp³-hybridized carbons (Fsp3) is 0.579. The molecule has 1 heterocycles. The summed E-state index contributed by atoms with van der Waals surface area (Å²) in [7, 11) is 0. The third kappa shape index (κ3) is 6.82. The van der Waals surface area contributed by atoms with E-state index in [9.17, 15) is 14.7 Å². The van der Waals surface area contributed by atoms with E-state index < -0.39 is 24.5 Å². The molecule has 8 nitrogen and oxygen atoms in total. The molecule has 0 radical (unpaired) electrons. The maximum Gasteiger partial charge on any atom is 0.333 e. The molecule has 1 aliphatic heterocycles. The van der Waals surface area contributed by atoms with Gasteiger partial charge in [0.15, 0.2) is 6.10 Å². The van der Waals surface area contributed by atoms with Gasteiger partial charge < -0.3 is 29.7 Å². The van der Waals surface area contributed by atoms with Crippen LogP contribution in [0, 0.1) is 0 Å². The van der Waals surface area contributed by atoms with Crippen LogP contribution in [0.25, 0.3) is 0 Å². The van der Waals surface area contributed by atoms with E-state index in [4.69, 9.17) is 19.3 Å². The molecule has 150 valence electrons. The average molecular weight is 381 g/mol. The van der Waals surface area contributed by atoms with E-state index in [0.29, 0.717) is 12.3 Å². The molecule has 0 aliphatic carbocycles. The van der Waals surface area contributed by atoms with Crippen LogP contribution in [0.2, 0.25) is 0 Å². The lowest BCUT2D eigenvalue weighted by Gasteiger charge is -2.31. The van der Waals surface area contributed by atoms with Crippen LogP contribution in [0.4, 0.5) is 0 Å². The Bertz CT molecular complexity index is 661. The van der Waals surface area contributed by atoms with Gasteiger partial charge in [0.2, 0.25) is 6.29 Å². The van der Waals surface area contributed by atoms with Gasteiger partial charge in [-0.1, -0.05) is 26.0 Å². The van der Waals surface area contributed by atoms with E-state index in [1.807, 2.05) is 26.0 Å². The largest absolute Gasteiger partial charge is 0.479 e. The van der Waals surface area contributed by atoms with Gasteiger partial charge in [0, 0.05) is 37.9 Å². The number of benzene rings is 1. The third-order valence-electron chi connectivity index (χ3n) is 4.08. The Labute approximate surface area is 158 Å². The van der Waals surface area contributed by atoms with Gasteiger partial charge in [-0.05, 0) is 11.6 Å². The summed E-state index contributed by atoms with van der Waals surface area (Å²) < 4.78 is 16.4. The molecule has 8 heteroatoms. The summed E-state index contributed by atoms with van der Waals surface area (Å²) in [5, 5.41) is 22.4. The van der Waals surface area contributed by atoms with Crippen molar-refractivity contribution in [2.45, 2.75) is 71.3 Å². The molecule has 1 aromatic carbocycles. The van der Waals surface area contributed by atoms with Crippen LogP contribution in [-0.4, -0.2) is 46.7 Å². The zero-order valence-corrected chi connectivity index (χ0v) is 15.8. The number of hydrogen-bond acceptors (Lipinski definition) is 7. The second-order valence-electron chi connectivity index (χ2n) is 6.89. The molecule has 1 aliphatic rings. The fourth-order valence-corrected chi connectivity index (χ4v) is 2.68. The monoisotopic (exact) mass is 381 g/mol. The van der Waals surface area contributed by atoms with Gasteiger partial charge in [-0.15, -0.1) is 0 Å². The number of carbonyl (C=O) groups excluding carboxylic acids is 1. The summed E-state index contributed by atoms with van der Waals surface area (Å²) in [4.78, 5) is 22.2. The first-order valence-electron chi connectivity index (χ1n) is 8.96. The number of aliphatic hydroxyl groups is 1. The number of nitrogens with one attached hydrogen (secondary N) is 1. The van der Waals surface area contributed by atoms with Gasteiger partial charge in [-0.3, -0.25) is 4.79 Å². The summed E-state index contributed by atoms with van der Waals surface area (Å²) in [6.45, 7) is 6.02. The van der Waals surface area contributed by atoms with Crippen molar-refractivity contribution in [3.8, 4) is 5.75 Å². The molecule has 0 amide bonds. The lowest BCUT2D eigenvalue weighted by Crippen LogP contribution is -2.42. The van der Waals surface area contributed by atoms with Crippen LogP contribution in [-0.2, 0) is 32.2 Å². The molecule has 1 fully saturated rings. The van der Waals surface area contributed by atoms with E-state index in [-0.39, 0.29) is 31.5 Å². The minimum absolute atomic E-state index is 0.0312. The summed E-state index contributed by atoms with van der Waals surface area (Å²) >= 11 is 0. The van der Waals surface area contributed by atoms with Gasteiger partial charge in [-0.25, -0.2) is 4.79 Å². The van der Waals surface area contributed by atoms with Gasteiger partial charge in [0.1, 0.15) is 12.4 Å². The number of aliphatic carboxylic acids is 1. The van der Waals surface area contributed by atoms with E-state index in [0.717, 1.165) is 11.1 Å². The molecule has 0 spiro atoms. The molecule has 3 N–H and O–H groups in total. The third-order valence-corrected chi connectivity index (χ3v) is 4.08. The SMILES string of the molecule is CC(=O)OCc1ccc(CNC(C)C)c(OC2CC(O)CC(C(=O)O)O2)c1. The molecule has 0 aromatic heterocycles. The minimum atomic E-state index is -1.13. The quantitative estimate of drug-likeness (QED) is 0.582. The predicted octanol–water partition coefficient (Wildman–Crippen LogP) is 1.58. The highest BCUT2D eigenvalue weighted by molar-refractivity contribution is 5.72. The topological polar surface area (TPSA) is 114 Å². The van der Waals surface area contributed by atoms with Crippen molar-refractivity contribution in [3.63, 3.8) is 0 Å². The first-order valence-corrected chi connectivity index (χ1v) is 8.96. The number of carboxylic acid groups (broad SMARTS) is 1. The number of carbonyl (C=O) groups is 2. The molecule has 1 aromatic rings. The van der Waals surface area contributed by atoms with Crippen LogP contribution < -0.4 is 10.1 Å². The number of ether oxygens (including phenoxy) is 3. The highest BCUT2D eigenvalue weighted by Crippen LogP contribution is 2.27. The van der Waals surface area contributed by atoms with Crippen LogP contribution in [0.1, 0.15) is 44.7 Å². The standard InChI is InChI=1S/C19H27NO7/c1-11(2)20-9-14-5-4-13(10-25-12(3)21)6-16(14)26-18-8-15(22)7-17(27-18)19(23)24/h4-6,11,15,17-18,20,22H,7-10H2,1-3H3,(H,23,24). The zero-order chi connectivity index (χ0) is 20.0. The Kier molecular flexibility index (Phi) is 7.58. The minimum Gasteiger partial charge on any atom is -0.479 e. The molecule has 27 heavy (non-hydrogen) atoms. The smallest absolute Gasteiger partial charge is 0.333 e. The first kappa shape index (κ1) is 21.1. The second kappa shape index (κ2) is 9.68. The van der Waals surface area contributed by atoms with Crippen molar-refractivity contribution in [1.82, 2.24) is 5.32 Å². The normalized spacial score (nSPS) is 22.5. The molecule has 3 unspecified atom stereocenters. The van der Waals surface area contributed by atoms with Crippen LogP contribution in [0.3, 0.4) is 0 Å². The molecule has 3 atom stereocenters. The Balaban J connectivity index is 2.17. The van der Waals surface area contributed by atoms with E-state index in [1.54, 1.807) is 6.07 Å². The van der Waals surface area contributed by atoms with Gasteiger partial charge >= 0.3 is 11.9 Å². The van der Waals surface area contributed by atoms with Gasteiger partial charge in [0.25, 0.3) is 0 Å². The number of esters is 1. The number of hydrogen-bond donors (Lipinski definition) is 3. The van der Waals surface area contributed by atoms with Crippen molar-refractivity contribution in [3.05, 3.63) is 29.3 Å². The van der Waals surface area contributed by atoms with Crippen molar-refractivity contribution in [1.29, 1.82) is 0 Å². The van der Waals surface area contributed by atoms with Crippen LogP contribution >= 0.6 is 0 Å². The summed E-state index contributed by atoms with van der Waals surface area (Å²) in [5.41, 5.74) is 1.59. The lowest BCUT2D eigenvalue weighted by atomic mass is 10.1. The highest BCUT2D eigenvalue weighted by atomic mass is 16.7. The maximum absolute atomic E-state index is 11.2. The summed E-state index contributed by atoms with van der Waals surface area (Å²) in [6.07, 6.45) is -2.60. The molecular formula is C19H27NO7. The maximum atomic E-state index is 11.2. The van der Waals surface area contributed by atoms with Crippen LogP contribution in [0.5, 0.6) is 5.75 Å². The first-order chi connectivity index (χ1) is 12.7. The number of aliphatic hydroxyl groups excluding tert-OH is 1. The Morgan fingerprint density at radius 1 is 1.33 bits per heavy atom.